The Balaban J connectivity index is 2.24. The smallest absolute Gasteiger partial charge is 0.217 e. The van der Waals surface area contributed by atoms with Crippen molar-refractivity contribution in [2.45, 2.75) is 19.4 Å². The van der Waals surface area contributed by atoms with Crippen molar-refractivity contribution in [3.63, 3.8) is 0 Å². The third-order valence-corrected chi connectivity index (χ3v) is 3.61. The van der Waals surface area contributed by atoms with Gasteiger partial charge in [-0.05, 0) is 24.6 Å². The fourth-order valence-electron chi connectivity index (χ4n) is 2.22. The lowest BCUT2D eigenvalue weighted by molar-refractivity contribution is 0.172. The molecule has 0 saturated carbocycles. The largest absolute Gasteiger partial charge is 0.481 e. The second-order valence-corrected chi connectivity index (χ2v) is 5.39. The van der Waals surface area contributed by atoms with Gasteiger partial charge in [0.15, 0.2) is 0 Å². The molecular formula is C14H17BrN2O2. The number of ether oxygens (including phenoxy) is 1. The van der Waals surface area contributed by atoms with Crippen LogP contribution in [0.2, 0.25) is 0 Å². The Kier molecular flexibility index (Phi) is 4.27. The molecule has 1 heterocycles. The molecule has 0 bridgehead atoms. The van der Waals surface area contributed by atoms with Crippen LogP contribution in [0.1, 0.15) is 22.9 Å². The molecule has 1 aromatic carbocycles. The average molecular weight is 325 g/mol. The molecule has 0 radical (unpaired) electrons. The summed E-state index contributed by atoms with van der Waals surface area (Å²) in [4.78, 5) is 0. The summed E-state index contributed by atoms with van der Waals surface area (Å²) in [5, 5.41) is 14.7. The molecule has 0 aliphatic carbocycles. The Labute approximate surface area is 121 Å². The summed E-state index contributed by atoms with van der Waals surface area (Å²) in [5.74, 6) is 0.613. The summed E-state index contributed by atoms with van der Waals surface area (Å²) in [6.07, 6.45) is -0.0827. The zero-order valence-electron chi connectivity index (χ0n) is 11.2. The Bertz CT molecular complexity index is 564. The van der Waals surface area contributed by atoms with E-state index < -0.39 is 6.10 Å². The summed E-state index contributed by atoms with van der Waals surface area (Å²) in [6, 6.07) is 7.92. The number of benzene rings is 1. The first kappa shape index (κ1) is 14.1. The van der Waals surface area contributed by atoms with Crippen LogP contribution < -0.4 is 4.74 Å². The van der Waals surface area contributed by atoms with Crippen LogP contribution in [-0.4, -0.2) is 22.0 Å². The summed E-state index contributed by atoms with van der Waals surface area (Å²) in [5.41, 5.74) is 2.62. The zero-order chi connectivity index (χ0) is 14.0. The standard InChI is InChI=1S/C14H17BrN2O2/c1-9-13(14(19-3)17(2)16-9)12(18)8-10-4-6-11(15)7-5-10/h4-7,12,18H,8H2,1-3H3. The van der Waals surface area contributed by atoms with Crippen molar-refractivity contribution in [2.75, 3.05) is 7.11 Å². The van der Waals surface area contributed by atoms with E-state index in [0.717, 1.165) is 21.3 Å². The molecule has 1 atom stereocenters. The van der Waals surface area contributed by atoms with Crippen LogP contribution in [-0.2, 0) is 13.5 Å². The van der Waals surface area contributed by atoms with E-state index in [-0.39, 0.29) is 0 Å². The molecule has 0 fully saturated rings. The van der Waals surface area contributed by atoms with Gasteiger partial charge in [-0.15, -0.1) is 0 Å². The highest BCUT2D eigenvalue weighted by molar-refractivity contribution is 9.10. The van der Waals surface area contributed by atoms with E-state index in [1.165, 1.54) is 0 Å². The molecule has 4 nitrogen and oxygen atoms in total. The average Bonchev–Trinajstić information content (AvgIpc) is 2.66. The minimum atomic E-state index is -0.621. The van der Waals surface area contributed by atoms with Crippen molar-refractivity contribution in [1.82, 2.24) is 9.78 Å². The number of nitrogens with zero attached hydrogens (tertiary/aromatic N) is 2. The van der Waals surface area contributed by atoms with E-state index in [1.807, 2.05) is 38.2 Å². The molecule has 1 N–H and O–H groups in total. The lowest BCUT2D eigenvalue weighted by Gasteiger charge is -2.12. The highest BCUT2D eigenvalue weighted by atomic mass is 79.9. The van der Waals surface area contributed by atoms with Gasteiger partial charge in [0, 0.05) is 17.9 Å². The van der Waals surface area contributed by atoms with Crippen molar-refractivity contribution < 1.29 is 9.84 Å². The van der Waals surface area contributed by atoms with Gasteiger partial charge in [0.25, 0.3) is 0 Å². The van der Waals surface area contributed by atoms with Gasteiger partial charge in [0.2, 0.25) is 5.88 Å². The Morgan fingerprint density at radius 2 is 2.00 bits per heavy atom. The van der Waals surface area contributed by atoms with Crippen molar-refractivity contribution in [1.29, 1.82) is 0 Å². The van der Waals surface area contributed by atoms with Gasteiger partial charge >= 0.3 is 0 Å². The van der Waals surface area contributed by atoms with Crippen LogP contribution in [0.15, 0.2) is 28.7 Å². The maximum atomic E-state index is 10.4. The van der Waals surface area contributed by atoms with Crippen LogP contribution in [0, 0.1) is 6.92 Å². The van der Waals surface area contributed by atoms with E-state index in [1.54, 1.807) is 11.8 Å². The van der Waals surface area contributed by atoms with Gasteiger partial charge in [0.1, 0.15) is 0 Å². The predicted molar refractivity (Wildman–Crippen MR) is 77.3 cm³/mol. The first-order valence-corrected chi connectivity index (χ1v) is 6.82. The lowest BCUT2D eigenvalue weighted by Crippen LogP contribution is -2.05. The molecule has 1 aromatic heterocycles. The molecule has 102 valence electrons. The quantitative estimate of drug-likeness (QED) is 0.940. The number of rotatable bonds is 4. The van der Waals surface area contributed by atoms with E-state index in [4.69, 9.17) is 4.74 Å². The molecule has 2 rings (SSSR count). The van der Waals surface area contributed by atoms with Crippen LogP contribution in [0.4, 0.5) is 0 Å². The molecular weight excluding hydrogens is 308 g/mol. The van der Waals surface area contributed by atoms with E-state index in [2.05, 4.69) is 21.0 Å². The number of methoxy groups -OCH3 is 1. The number of aromatic nitrogens is 2. The summed E-state index contributed by atoms with van der Waals surface area (Å²) < 4.78 is 7.98. The van der Waals surface area contributed by atoms with Gasteiger partial charge < -0.3 is 9.84 Å². The normalized spacial score (nSPS) is 12.5. The zero-order valence-corrected chi connectivity index (χ0v) is 12.8. The third-order valence-electron chi connectivity index (χ3n) is 3.08. The second kappa shape index (κ2) is 5.75. The highest BCUT2D eigenvalue weighted by Crippen LogP contribution is 2.30. The van der Waals surface area contributed by atoms with Crippen LogP contribution in [0.3, 0.4) is 0 Å². The number of hydrogen-bond donors (Lipinski definition) is 1. The number of aryl methyl sites for hydroxylation is 2. The molecule has 5 heteroatoms. The molecule has 0 aliphatic rings. The van der Waals surface area contributed by atoms with Gasteiger partial charge in [-0.25, -0.2) is 4.68 Å². The highest BCUT2D eigenvalue weighted by Gasteiger charge is 2.21. The molecule has 0 aliphatic heterocycles. The fraction of sp³-hybridized carbons (Fsp3) is 0.357. The van der Waals surface area contributed by atoms with Crippen molar-refractivity contribution >= 4 is 15.9 Å². The minimum absolute atomic E-state index is 0.538. The molecule has 2 aromatic rings. The lowest BCUT2D eigenvalue weighted by atomic mass is 10.0. The van der Waals surface area contributed by atoms with Gasteiger partial charge in [0.05, 0.1) is 24.5 Å². The van der Waals surface area contributed by atoms with Crippen LogP contribution in [0.5, 0.6) is 5.88 Å². The topological polar surface area (TPSA) is 47.3 Å². The maximum absolute atomic E-state index is 10.4. The first-order valence-electron chi connectivity index (χ1n) is 6.03. The van der Waals surface area contributed by atoms with Gasteiger partial charge in [-0.3, -0.25) is 0 Å². The number of aliphatic hydroxyl groups is 1. The molecule has 0 saturated heterocycles. The molecule has 19 heavy (non-hydrogen) atoms. The summed E-state index contributed by atoms with van der Waals surface area (Å²) in [7, 11) is 3.40. The molecule has 1 unspecified atom stereocenters. The first-order chi connectivity index (χ1) is 9.02. The number of hydrogen-bond acceptors (Lipinski definition) is 3. The SMILES string of the molecule is COc1c(C(O)Cc2ccc(Br)cc2)c(C)nn1C. The van der Waals surface area contributed by atoms with Crippen molar-refractivity contribution in [3.8, 4) is 5.88 Å². The molecule has 0 amide bonds. The maximum Gasteiger partial charge on any atom is 0.217 e. The second-order valence-electron chi connectivity index (χ2n) is 4.48. The predicted octanol–water partition coefficient (Wildman–Crippen LogP) is 2.78. The fourth-order valence-corrected chi connectivity index (χ4v) is 2.49. The van der Waals surface area contributed by atoms with Crippen molar-refractivity contribution in [3.05, 3.63) is 45.6 Å². The van der Waals surface area contributed by atoms with Crippen LogP contribution >= 0.6 is 15.9 Å². The van der Waals surface area contributed by atoms with Crippen LogP contribution in [0.25, 0.3) is 0 Å². The molecule has 0 spiro atoms. The van der Waals surface area contributed by atoms with Crippen molar-refractivity contribution in [2.24, 2.45) is 7.05 Å². The van der Waals surface area contributed by atoms with Gasteiger partial charge in [-0.1, -0.05) is 28.1 Å². The number of halogens is 1. The Morgan fingerprint density at radius 1 is 1.37 bits per heavy atom. The Hall–Kier alpha value is -1.33. The van der Waals surface area contributed by atoms with E-state index in [0.29, 0.717) is 12.3 Å². The number of aliphatic hydroxyl groups excluding tert-OH is 1. The van der Waals surface area contributed by atoms with Gasteiger partial charge in [-0.2, -0.15) is 5.10 Å². The van der Waals surface area contributed by atoms with E-state index >= 15 is 0 Å². The third kappa shape index (κ3) is 2.98. The van der Waals surface area contributed by atoms with E-state index in [9.17, 15) is 5.11 Å². The monoisotopic (exact) mass is 324 g/mol. The summed E-state index contributed by atoms with van der Waals surface area (Å²) >= 11 is 3.40. The Morgan fingerprint density at radius 3 is 2.58 bits per heavy atom. The minimum Gasteiger partial charge on any atom is -0.481 e. The summed E-state index contributed by atoms with van der Waals surface area (Å²) in [6.45, 7) is 1.88.